The van der Waals surface area contributed by atoms with Crippen LogP contribution in [0.3, 0.4) is 0 Å². The fourth-order valence-corrected chi connectivity index (χ4v) is 6.21. The fourth-order valence-electron chi connectivity index (χ4n) is 6.21. The summed E-state index contributed by atoms with van der Waals surface area (Å²) in [7, 11) is 5.54. The number of ketones is 1. The number of imide groups is 2. The van der Waals surface area contributed by atoms with Gasteiger partial charge in [0.05, 0.1) is 12.7 Å². The minimum absolute atomic E-state index is 0.0368. The molecule has 12 heteroatoms. The Balaban J connectivity index is 1.68. The van der Waals surface area contributed by atoms with Crippen LogP contribution in [0.2, 0.25) is 0 Å². The Bertz CT molecular complexity index is 1180. The molecule has 206 valence electrons. The number of carbonyl (C=O) groups excluding carboxylic acids is 4. The molecule has 1 spiro atoms. The van der Waals surface area contributed by atoms with E-state index in [2.05, 4.69) is 0 Å². The standard InChI is InChI=1S/C26H32N2O10/c1-24(33-5)25(2,34-6)38-20(12-37-24)17-11-15(29)10-16(14-7-8-18-19(9-14)36-13-35-18)26(17)21(30)27(3)23(32)28(4)22(26)31/h7-9,16-17,20H,10-13H2,1-6H3/t16-,17+,20-,24-,25-/m1/s1. The topological polar surface area (TPSA) is 130 Å². The van der Waals surface area contributed by atoms with Crippen LogP contribution in [-0.4, -0.2) is 92.8 Å². The Kier molecular flexibility index (Phi) is 6.29. The number of barbiturate groups is 1. The maximum Gasteiger partial charge on any atom is 0.332 e. The van der Waals surface area contributed by atoms with E-state index in [1.54, 1.807) is 32.0 Å². The molecule has 2 saturated heterocycles. The van der Waals surface area contributed by atoms with E-state index in [1.807, 2.05) is 0 Å². The molecule has 4 amide bonds. The predicted molar refractivity (Wildman–Crippen MR) is 128 cm³/mol. The van der Waals surface area contributed by atoms with Gasteiger partial charge in [0.15, 0.2) is 11.5 Å². The second-order valence-electron chi connectivity index (χ2n) is 10.4. The molecule has 1 aliphatic carbocycles. The summed E-state index contributed by atoms with van der Waals surface area (Å²) in [5.74, 6) is -5.22. The zero-order chi connectivity index (χ0) is 27.6. The number of methoxy groups -OCH3 is 2. The van der Waals surface area contributed by atoms with Gasteiger partial charge in [-0.1, -0.05) is 6.07 Å². The van der Waals surface area contributed by atoms with Gasteiger partial charge in [0.1, 0.15) is 11.2 Å². The molecule has 0 N–H and O–H groups in total. The average molecular weight is 533 g/mol. The Morgan fingerprint density at radius 3 is 2.16 bits per heavy atom. The largest absolute Gasteiger partial charge is 0.454 e. The summed E-state index contributed by atoms with van der Waals surface area (Å²) >= 11 is 0. The number of Topliss-reactive ketones (excluding diaryl/α,β-unsaturated/α-hetero) is 1. The number of amides is 4. The molecule has 0 unspecified atom stereocenters. The Hall–Kier alpha value is -3.06. The maximum absolute atomic E-state index is 14.2. The van der Waals surface area contributed by atoms with Gasteiger partial charge in [-0.15, -0.1) is 0 Å². The monoisotopic (exact) mass is 532 g/mol. The van der Waals surface area contributed by atoms with E-state index in [0.29, 0.717) is 17.1 Å². The van der Waals surface area contributed by atoms with Gasteiger partial charge in [-0.25, -0.2) is 4.79 Å². The van der Waals surface area contributed by atoms with Crippen LogP contribution in [0.15, 0.2) is 18.2 Å². The molecule has 38 heavy (non-hydrogen) atoms. The van der Waals surface area contributed by atoms with Gasteiger partial charge in [-0.05, 0) is 31.5 Å². The van der Waals surface area contributed by atoms with E-state index in [9.17, 15) is 19.2 Å². The van der Waals surface area contributed by atoms with Crippen molar-refractivity contribution in [2.45, 2.75) is 50.3 Å². The summed E-state index contributed by atoms with van der Waals surface area (Å²) in [6.07, 6.45) is -1.15. The number of fused-ring (bicyclic) bond motifs is 1. The first-order chi connectivity index (χ1) is 17.9. The summed E-state index contributed by atoms with van der Waals surface area (Å²) < 4.78 is 34.6. The van der Waals surface area contributed by atoms with E-state index in [-0.39, 0.29) is 32.0 Å². The molecule has 4 aliphatic rings. The average Bonchev–Trinajstić information content (AvgIpc) is 3.39. The third kappa shape index (κ3) is 3.50. The highest BCUT2D eigenvalue weighted by Crippen LogP contribution is 2.57. The van der Waals surface area contributed by atoms with Crippen LogP contribution < -0.4 is 9.47 Å². The van der Waals surface area contributed by atoms with Gasteiger partial charge < -0.3 is 28.4 Å². The van der Waals surface area contributed by atoms with Gasteiger partial charge in [-0.2, -0.15) is 0 Å². The minimum atomic E-state index is -1.84. The number of carbonyl (C=O) groups is 4. The molecule has 12 nitrogen and oxygen atoms in total. The van der Waals surface area contributed by atoms with Crippen molar-refractivity contribution >= 4 is 23.6 Å². The lowest BCUT2D eigenvalue weighted by molar-refractivity contribution is -0.437. The molecule has 5 rings (SSSR count). The van der Waals surface area contributed by atoms with Gasteiger partial charge in [-0.3, -0.25) is 24.2 Å². The Labute approximate surface area is 220 Å². The van der Waals surface area contributed by atoms with Crippen LogP contribution in [0, 0.1) is 11.3 Å². The van der Waals surface area contributed by atoms with E-state index < -0.39 is 52.8 Å². The summed E-state index contributed by atoms with van der Waals surface area (Å²) in [4.78, 5) is 56.4. The van der Waals surface area contributed by atoms with E-state index in [4.69, 9.17) is 28.4 Å². The SMILES string of the molecule is CO[C@]1(C)OC[C@H]([C@@H]2CC(=O)C[C@H](c3ccc4c(c3)OCO4)C23C(=O)N(C)C(=O)N(C)C3=O)O[C@@]1(C)OC. The highest BCUT2D eigenvalue weighted by atomic mass is 16.8. The van der Waals surface area contributed by atoms with Gasteiger partial charge in [0, 0.05) is 53.0 Å². The third-order valence-electron chi connectivity index (χ3n) is 8.66. The number of rotatable bonds is 4. The number of hydrogen-bond donors (Lipinski definition) is 0. The Morgan fingerprint density at radius 2 is 1.53 bits per heavy atom. The van der Waals surface area contributed by atoms with Crippen molar-refractivity contribution in [3.8, 4) is 11.5 Å². The number of nitrogens with zero attached hydrogens (tertiary/aromatic N) is 2. The van der Waals surface area contributed by atoms with Crippen molar-refractivity contribution in [2.24, 2.45) is 11.3 Å². The van der Waals surface area contributed by atoms with Crippen molar-refractivity contribution in [3.63, 3.8) is 0 Å². The van der Waals surface area contributed by atoms with Crippen LogP contribution in [0.4, 0.5) is 4.79 Å². The lowest BCUT2D eigenvalue weighted by Crippen LogP contribution is -2.72. The van der Waals surface area contributed by atoms with Gasteiger partial charge in [0.25, 0.3) is 0 Å². The highest BCUT2D eigenvalue weighted by Gasteiger charge is 2.69. The number of hydrogen-bond acceptors (Lipinski definition) is 10. The van der Waals surface area contributed by atoms with Crippen LogP contribution in [0.1, 0.15) is 38.2 Å². The summed E-state index contributed by atoms with van der Waals surface area (Å²) in [6, 6.07) is 4.33. The zero-order valence-electron chi connectivity index (χ0n) is 22.3. The summed E-state index contributed by atoms with van der Waals surface area (Å²) in [6.45, 7) is 3.23. The molecular weight excluding hydrogens is 500 g/mol. The first kappa shape index (κ1) is 26.5. The third-order valence-corrected chi connectivity index (χ3v) is 8.66. The van der Waals surface area contributed by atoms with Gasteiger partial charge >= 0.3 is 6.03 Å². The highest BCUT2D eigenvalue weighted by molar-refractivity contribution is 6.20. The van der Waals surface area contributed by atoms with Crippen LogP contribution in [0.25, 0.3) is 0 Å². The molecule has 5 atom stereocenters. The van der Waals surface area contributed by atoms with E-state index in [0.717, 1.165) is 9.80 Å². The second-order valence-corrected chi connectivity index (χ2v) is 10.4. The molecule has 3 aliphatic heterocycles. The second kappa shape index (κ2) is 9.01. The molecule has 3 heterocycles. The first-order valence-corrected chi connectivity index (χ1v) is 12.4. The van der Waals surface area contributed by atoms with Gasteiger partial charge in [0.2, 0.25) is 30.2 Å². The van der Waals surface area contributed by atoms with E-state index >= 15 is 0 Å². The van der Waals surface area contributed by atoms with Crippen molar-refractivity contribution in [1.29, 1.82) is 0 Å². The molecule has 0 radical (unpaired) electrons. The van der Waals surface area contributed by atoms with Crippen molar-refractivity contribution < 1.29 is 47.6 Å². The van der Waals surface area contributed by atoms with Crippen LogP contribution in [-0.2, 0) is 33.3 Å². The van der Waals surface area contributed by atoms with Crippen molar-refractivity contribution in [1.82, 2.24) is 9.80 Å². The number of benzene rings is 1. The molecule has 1 aromatic carbocycles. The van der Waals surface area contributed by atoms with Crippen LogP contribution >= 0.6 is 0 Å². The zero-order valence-corrected chi connectivity index (χ0v) is 22.3. The molecule has 1 saturated carbocycles. The lowest BCUT2D eigenvalue weighted by Gasteiger charge is -2.56. The molecule has 1 aromatic rings. The first-order valence-electron chi connectivity index (χ1n) is 12.4. The lowest BCUT2D eigenvalue weighted by atomic mass is 9.54. The van der Waals surface area contributed by atoms with Crippen LogP contribution in [0.5, 0.6) is 11.5 Å². The molecule has 0 aromatic heterocycles. The molecule has 0 bridgehead atoms. The van der Waals surface area contributed by atoms with Crippen molar-refractivity contribution in [3.05, 3.63) is 23.8 Å². The Morgan fingerprint density at radius 1 is 0.895 bits per heavy atom. The number of ether oxygens (including phenoxy) is 6. The smallest absolute Gasteiger partial charge is 0.332 e. The normalized spacial score (nSPS) is 34.8. The minimum Gasteiger partial charge on any atom is -0.454 e. The molecule has 3 fully saturated rings. The fraction of sp³-hybridized carbons (Fsp3) is 0.615. The molecular formula is C26H32N2O10. The predicted octanol–water partition coefficient (Wildman–Crippen LogP) is 1.66. The summed E-state index contributed by atoms with van der Waals surface area (Å²) in [5.41, 5.74) is -1.30. The summed E-state index contributed by atoms with van der Waals surface area (Å²) in [5, 5.41) is 0. The quantitative estimate of drug-likeness (QED) is 0.528. The van der Waals surface area contributed by atoms with E-state index in [1.165, 1.54) is 28.3 Å². The van der Waals surface area contributed by atoms with Crippen molar-refractivity contribution in [2.75, 3.05) is 41.7 Å². The maximum atomic E-state index is 14.2. The number of urea groups is 1.